The first-order valence-electron chi connectivity index (χ1n) is 4.19. The first kappa shape index (κ1) is 10.4. The molecule has 2 N–H and O–H groups in total. The lowest BCUT2D eigenvalue weighted by Gasteiger charge is -2.27. The third-order valence-electron chi connectivity index (χ3n) is 1.97. The number of rotatable bonds is 3. The van der Waals surface area contributed by atoms with E-state index >= 15 is 0 Å². The molecule has 1 rings (SSSR count). The number of hydrogen-bond acceptors (Lipinski definition) is 4. The molecule has 0 saturated carbocycles. The van der Waals surface area contributed by atoms with Gasteiger partial charge in [-0.1, -0.05) is 0 Å². The lowest BCUT2D eigenvalue weighted by atomic mass is 10.2. The van der Waals surface area contributed by atoms with Crippen molar-refractivity contribution >= 4 is 18.5 Å². The van der Waals surface area contributed by atoms with Gasteiger partial charge in [0.05, 0.1) is 7.11 Å². The Morgan fingerprint density at radius 2 is 2.62 bits per heavy atom. The minimum absolute atomic E-state index is 0.501. The van der Waals surface area contributed by atoms with E-state index in [0.29, 0.717) is 11.6 Å². The molecular weight excluding hydrogens is 186 g/mol. The van der Waals surface area contributed by atoms with Crippen LogP contribution in [-0.2, 0) is 4.84 Å². The van der Waals surface area contributed by atoms with Gasteiger partial charge in [-0.3, -0.25) is 15.7 Å². The van der Waals surface area contributed by atoms with Gasteiger partial charge >= 0.3 is 0 Å². The fraction of sp³-hybridized carbons (Fsp3) is 0.625. The average Bonchev–Trinajstić information content (AvgIpc) is 2.18. The number of amidine groups is 1. The van der Waals surface area contributed by atoms with Crippen LogP contribution >= 0.6 is 12.6 Å². The molecule has 0 amide bonds. The Hall–Kier alpha value is -0.680. The highest BCUT2D eigenvalue weighted by molar-refractivity contribution is 7.81. The molecule has 0 spiro atoms. The molecule has 1 aliphatic rings. The number of hydroxylamine groups is 1. The molecule has 0 unspecified atom stereocenters. The first-order valence-corrected chi connectivity index (χ1v) is 4.82. The third kappa shape index (κ3) is 2.93. The summed E-state index contributed by atoms with van der Waals surface area (Å²) in [5, 5.41) is 7.57. The molecule has 0 aliphatic carbocycles. The van der Waals surface area contributed by atoms with Crippen LogP contribution in [0.5, 0.6) is 0 Å². The minimum Gasteiger partial charge on any atom is -0.356 e. The molecule has 4 nitrogen and oxygen atoms in total. The van der Waals surface area contributed by atoms with E-state index in [1.54, 1.807) is 7.11 Å². The Morgan fingerprint density at radius 1 is 1.85 bits per heavy atom. The van der Waals surface area contributed by atoms with Crippen LogP contribution in [0.1, 0.15) is 6.42 Å². The summed E-state index contributed by atoms with van der Waals surface area (Å²) in [5.74, 6) is 1.08. The van der Waals surface area contributed by atoms with Gasteiger partial charge in [0.15, 0.2) is 0 Å². The Balaban J connectivity index is 2.41. The van der Waals surface area contributed by atoms with Crippen molar-refractivity contribution in [3.05, 3.63) is 11.8 Å². The van der Waals surface area contributed by atoms with Gasteiger partial charge in [-0.05, 0) is 6.08 Å². The van der Waals surface area contributed by atoms with E-state index < -0.39 is 0 Å². The maximum Gasteiger partial charge on any atom is 0.106 e. The van der Waals surface area contributed by atoms with Gasteiger partial charge in [-0.25, -0.2) is 0 Å². The zero-order valence-corrected chi connectivity index (χ0v) is 8.60. The van der Waals surface area contributed by atoms with Gasteiger partial charge in [0, 0.05) is 31.0 Å². The smallest absolute Gasteiger partial charge is 0.106 e. The van der Waals surface area contributed by atoms with Gasteiger partial charge in [0.25, 0.3) is 0 Å². The molecule has 5 heteroatoms. The van der Waals surface area contributed by atoms with Gasteiger partial charge in [0.1, 0.15) is 5.84 Å². The molecule has 1 aliphatic heterocycles. The van der Waals surface area contributed by atoms with Crippen LogP contribution in [0.2, 0.25) is 0 Å². The van der Waals surface area contributed by atoms with Crippen LogP contribution in [-0.4, -0.2) is 36.7 Å². The second-order valence-corrected chi connectivity index (χ2v) is 3.15. The maximum atomic E-state index is 7.57. The maximum absolute atomic E-state index is 7.57. The SMILES string of the molecule is CONC1=CCN(C(=N)CS)CC1. The van der Waals surface area contributed by atoms with Crippen molar-refractivity contribution in [1.29, 1.82) is 5.41 Å². The molecule has 0 aromatic carbocycles. The Bertz CT molecular complexity index is 217. The summed E-state index contributed by atoms with van der Waals surface area (Å²) < 4.78 is 0. The summed E-state index contributed by atoms with van der Waals surface area (Å²) in [7, 11) is 1.60. The van der Waals surface area contributed by atoms with E-state index in [9.17, 15) is 0 Å². The molecule has 0 radical (unpaired) electrons. The van der Waals surface area contributed by atoms with Crippen molar-refractivity contribution in [3.8, 4) is 0 Å². The quantitative estimate of drug-likeness (QED) is 0.272. The molecule has 13 heavy (non-hydrogen) atoms. The first-order chi connectivity index (χ1) is 6.27. The molecule has 0 atom stereocenters. The molecule has 0 saturated heterocycles. The molecule has 74 valence electrons. The summed E-state index contributed by atoms with van der Waals surface area (Å²) in [6.07, 6.45) is 2.93. The monoisotopic (exact) mass is 201 g/mol. The lowest BCUT2D eigenvalue weighted by molar-refractivity contribution is 0.112. The van der Waals surface area contributed by atoms with Crippen molar-refractivity contribution in [2.45, 2.75) is 6.42 Å². The van der Waals surface area contributed by atoms with Crippen molar-refractivity contribution in [2.75, 3.05) is 26.0 Å². The van der Waals surface area contributed by atoms with E-state index in [0.717, 1.165) is 25.2 Å². The minimum atomic E-state index is 0.501. The predicted octanol–water partition coefficient (Wildman–Crippen LogP) is 0.634. The average molecular weight is 201 g/mol. The van der Waals surface area contributed by atoms with Crippen LogP contribution in [0.15, 0.2) is 11.8 Å². The van der Waals surface area contributed by atoms with E-state index in [2.05, 4.69) is 18.1 Å². The lowest BCUT2D eigenvalue weighted by Crippen LogP contribution is -2.36. The van der Waals surface area contributed by atoms with Gasteiger partial charge in [-0.15, -0.1) is 0 Å². The number of nitrogens with zero attached hydrogens (tertiary/aromatic N) is 1. The van der Waals surface area contributed by atoms with Crippen molar-refractivity contribution < 1.29 is 4.84 Å². The van der Waals surface area contributed by atoms with Gasteiger partial charge in [-0.2, -0.15) is 12.6 Å². The van der Waals surface area contributed by atoms with Crippen LogP contribution < -0.4 is 5.48 Å². The second-order valence-electron chi connectivity index (χ2n) is 2.84. The molecule has 0 aromatic heterocycles. The molecule has 1 heterocycles. The van der Waals surface area contributed by atoms with Gasteiger partial charge < -0.3 is 4.90 Å². The summed E-state index contributed by atoms with van der Waals surface area (Å²) in [4.78, 5) is 6.79. The topological polar surface area (TPSA) is 48.4 Å². The number of nitrogens with one attached hydrogen (secondary N) is 2. The standard InChI is InChI=1S/C8H15N3OS/c1-12-10-7-2-4-11(5-3-7)8(9)6-13/h2,9-10,13H,3-6H2,1H3. The number of hydrogen-bond donors (Lipinski definition) is 3. The van der Waals surface area contributed by atoms with Crippen molar-refractivity contribution in [3.63, 3.8) is 0 Å². The Kier molecular flexibility index (Phi) is 4.11. The highest BCUT2D eigenvalue weighted by Crippen LogP contribution is 2.08. The fourth-order valence-electron chi connectivity index (χ4n) is 1.24. The zero-order valence-electron chi connectivity index (χ0n) is 7.71. The molecule has 0 bridgehead atoms. The Labute approximate surface area is 83.8 Å². The predicted molar refractivity (Wildman–Crippen MR) is 56.0 cm³/mol. The molecule has 0 aromatic rings. The van der Waals surface area contributed by atoms with Crippen LogP contribution in [0.4, 0.5) is 0 Å². The Morgan fingerprint density at radius 3 is 3.08 bits per heavy atom. The fourth-order valence-corrected chi connectivity index (χ4v) is 1.44. The highest BCUT2D eigenvalue weighted by Gasteiger charge is 2.12. The van der Waals surface area contributed by atoms with E-state index in [1.807, 2.05) is 11.0 Å². The largest absolute Gasteiger partial charge is 0.356 e. The second kappa shape index (κ2) is 5.14. The number of thiol groups is 1. The zero-order chi connectivity index (χ0) is 9.68. The molecular formula is C8H15N3OS. The summed E-state index contributed by atoms with van der Waals surface area (Å²) in [5.41, 5.74) is 3.90. The summed E-state index contributed by atoms with van der Waals surface area (Å²) >= 11 is 4.06. The van der Waals surface area contributed by atoms with E-state index in [1.165, 1.54) is 0 Å². The summed E-state index contributed by atoms with van der Waals surface area (Å²) in [6.45, 7) is 1.63. The van der Waals surface area contributed by atoms with E-state index in [-0.39, 0.29) is 0 Å². The van der Waals surface area contributed by atoms with Crippen LogP contribution in [0.25, 0.3) is 0 Å². The van der Waals surface area contributed by atoms with Crippen molar-refractivity contribution in [2.24, 2.45) is 0 Å². The van der Waals surface area contributed by atoms with Crippen LogP contribution in [0.3, 0.4) is 0 Å². The van der Waals surface area contributed by atoms with Crippen LogP contribution in [0, 0.1) is 5.41 Å². The third-order valence-corrected chi connectivity index (χ3v) is 2.27. The highest BCUT2D eigenvalue weighted by atomic mass is 32.1. The summed E-state index contributed by atoms with van der Waals surface area (Å²) in [6, 6.07) is 0. The normalized spacial score (nSPS) is 16.8. The molecule has 0 fully saturated rings. The van der Waals surface area contributed by atoms with Crippen molar-refractivity contribution in [1.82, 2.24) is 10.4 Å². The van der Waals surface area contributed by atoms with E-state index in [4.69, 9.17) is 10.2 Å². The van der Waals surface area contributed by atoms with Gasteiger partial charge in [0.2, 0.25) is 0 Å².